The second-order valence-electron chi connectivity index (χ2n) is 4.67. The SMILES string of the molecule is CCCOc1cccc(C(CO)Nc2ccccc2)c1. The maximum absolute atomic E-state index is 9.60. The van der Waals surface area contributed by atoms with E-state index in [9.17, 15) is 5.11 Å². The lowest BCUT2D eigenvalue weighted by atomic mass is 10.1. The Kier molecular flexibility index (Phi) is 5.44. The van der Waals surface area contributed by atoms with E-state index in [4.69, 9.17) is 4.74 Å². The second kappa shape index (κ2) is 7.56. The van der Waals surface area contributed by atoms with Crippen LogP contribution in [0.5, 0.6) is 5.75 Å². The fourth-order valence-electron chi connectivity index (χ4n) is 2.01. The Morgan fingerprint density at radius 3 is 2.60 bits per heavy atom. The summed E-state index contributed by atoms with van der Waals surface area (Å²) in [5.41, 5.74) is 2.01. The van der Waals surface area contributed by atoms with Crippen LogP contribution in [-0.2, 0) is 0 Å². The molecule has 0 amide bonds. The molecule has 3 nitrogen and oxygen atoms in total. The van der Waals surface area contributed by atoms with Gasteiger partial charge in [-0.05, 0) is 36.2 Å². The number of nitrogens with one attached hydrogen (secondary N) is 1. The van der Waals surface area contributed by atoms with Gasteiger partial charge in [0.1, 0.15) is 5.75 Å². The van der Waals surface area contributed by atoms with Crippen LogP contribution < -0.4 is 10.1 Å². The minimum absolute atomic E-state index is 0.0339. The van der Waals surface area contributed by atoms with Gasteiger partial charge in [0.05, 0.1) is 19.3 Å². The molecule has 0 aliphatic rings. The minimum atomic E-state index is -0.137. The quantitative estimate of drug-likeness (QED) is 0.808. The van der Waals surface area contributed by atoms with Gasteiger partial charge in [0.25, 0.3) is 0 Å². The number of rotatable bonds is 7. The molecule has 0 radical (unpaired) electrons. The van der Waals surface area contributed by atoms with E-state index in [0.29, 0.717) is 6.61 Å². The normalized spacial score (nSPS) is 11.9. The van der Waals surface area contributed by atoms with Gasteiger partial charge in [0, 0.05) is 5.69 Å². The van der Waals surface area contributed by atoms with Crippen LogP contribution in [0.1, 0.15) is 24.9 Å². The van der Waals surface area contributed by atoms with E-state index in [1.165, 1.54) is 0 Å². The van der Waals surface area contributed by atoms with E-state index < -0.39 is 0 Å². The summed E-state index contributed by atoms with van der Waals surface area (Å²) in [6, 6.07) is 17.6. The monoisotopic (exact) mass is 271 g/mol. The minimum Gasteiger partial charge on any atom is -0.494 e. The molecule has 20 heavy (non-hydrogen) atoms. The maximum atomic E-state index is 9.60. The standard InChI is InChI=1S/C17H21NO2/c1-2-11-20-16-10-6-7-14(12-16)17(13-19)18-15-8-4-3-5-9-15/h3-10,12,17-19H,2,11,13H2,1H3. The first-order chi connectivity index (χ1) is 9.83. The summed E-state index contributed by atoms with van der Waals surface area (Å²) in [4.78, 5) is 0. The molecule has 2 aromatic rings. The first-order valence-electron chi connectivity index (χ1n) is 6.98. The highest BCUT2D eigenvalue weighted by Gasteiger charge is 2.10. The molecule has 0 fully saturated rings. The fraction of sp³-hybridized carbons (Fsp3) is 0.294. The molecule has 0 heterocycles. The van der Waals surface area contributed by atoms with E-state index in [1.54, 1.807) is 0 Å². The zero-order chi connectivity index (χ0) is 14.2. The summed E-state index contributed by atoms with van der Waals surface area (Å²) in [6.45, 7) is 2.82. The van der Waals surface area contributed by atoms with Crippen molar-refractivity contribution >= 4 is 5.69 Å². The lowest BCUT2D eigenvalue weighted by Crippen LogP contribution is -2.14. The molecule has 1 unspecified atom stereocenters. The zero-order valence-corrected chi connectivity index (χ0v) is 11.8. The summed E-state index contributed by atoms with van der Waals surface area (Å²) >= 11 is 0. The Morgan fingerprint density at radius 2 is 1.90 bits per heavy atom. The Balaban J connectivity index is 2.10. The molecule has 3 heteroatoms. The van der Waals surface area contributed by atoms with Gasteiger partial charge in [-0.25, -0.2) is 0 Å². The third-order valence-electron chi connectivity index (χ3n) is 3.03. The molecule has 0 aliphatic carbocycles. The van der Waals surface area contributed by atoms with Crippen molar-refractivity contribution in [2.24, 2.45) is 0 Å². The molecular formula is C17H21NO2. The number of aliphatic hydroxyl groups is 1. The third kappa shape index (κ3) is 4.00. The predicted octanol–water partition coefficient (Wildman–Crippen LogP) is 3.62. The average Bonchev–Trinajstić information content (AvgIpc) is 2.52. The number of para-hydroxylation sites is 1. The van der Waals surface area contributed by atoms with Crippen LogP contribution in [-0.4, -0.2) is 18.3 Å². The van der Waals surface area contributed by atoms with Crippen molar-refractivity contribution in [2.45, 2.75) is 19.4 Å². The van der Waals surface area contributed by atoms with Crippen LogP contribution in [0.4, 0.5) is 5.69 Å². The molecular weight excluding hydrogens is 250 g/mol. The summed E-state index contributed by atoms with van der Waals surface area (Å²) < 4.78 is 5.63. The van der Waals surface area contributed by atoms with Gasteiger partial charge < -0.3 is 15.2 Å². The van der Waals surface area contributed by atoms with Crippen LogP contribution in [0.3, 0.4) is 0 Å². The number of ether oxygens (including phenoxy) is 1. The van der Waals surface area contributed by atoms with Crippen LogP contribution in [0.25, 0.3) is 0 Å². The van der Waals surface area contributed by atoms with Crippen molar-refractivity contribution in [2.75, 3.05) is 18.5 Å². The molecule has 0 saturated heterocycles. The van der Waals surface area contributed by atoms with Crippen molar-refractivity contribution in [3.05, 3.63) is 60.2 Å². The van der Waals surface area contributed by atoms with Gasteiger partial charge in [-0.1, -0.05) is 37.3 Å². The van der Waals surface area contributed by atoms with E-state index in [1.807, 2.05) is 54.6 Å². The van der Waals surface area contributed by atoms with Crippen LogP contribution in [0, 0.1) is 0 Å². The lowest BCUT2D eigenvalue weighted by molar-refractivity contribution is 0.275. The zero-order valence-electron chi connectivity index (χ0n) is 11.8. The summed E-state index contributed by atoms with van der Waals surface area (Å²) in [7, 11) is 0. The number of hydrogen-bond acceptors (Lipinski definition) is 3. The number of aliphatic hydroxyl groups excluding tert-OH is 1. The fourth-order valence-corrected chi connectivity index (χ4v) is 2.01. The largest absolute Gasteiger partial charge is 0.494 e. The van der Waals surface area contributed by atoms with Gasteiger partial charge in [-0.3, -0.25) is 0 Å². The molecule has 106 valence electrons. The van der Waals surface area contributed by atoms with Crippen molar-refractivity contribution in [3.8, 4) is 5.75 Å². The van der Waals surface area contributed by atoms with Gasteiger partial charge in [0.2, 0.25) is 0 Å². The van der Waals surface area contributed by atoms with Gasteiger partial charge in [0.15, 0.2) is 0 Å². The van der Waals surface area contributed by atoms with E-state index in [0.717, 1.165) is 23.4 Å². The third-order valence-corrected chi connectivity index (χ3v) is 3.03. The summed E-state index contributed by atoms with van der Waals surface area (Å²) in [5, 5.41) is 12.9. The van der Waals surface area contributed by atoms with Gasteiger partial charge >= 0.3 is 0 Å². The second-order valence-corrected chi connectivity index (χ2v) is 4.67. The number of hydrogen-bond donors (Lipinski definition) is 2. The first kappa shape index (κ1) is 14.4. The molecule has 0 saturated carbocycles. The van der Waals surface area contributed by atoms with Crippen LogP contribution in [0.2, 0.25) is 0 Å². The van der Waals surface area contributed by atoms with Crippen molar-refractivity contribution in [3.63, 3.8) is 0 Å². The molecule has 0 bridgehead atoms. The Labute approximate surface area is 120 Å². The molecule has 0 aliphatic heterocycles. The Morgan fingerprint density at radius 1 is 1.10 bits per heavy atom. The van der Waals surface area contributed by atoms with Crippen LogP contribution in [0.15, 0.2) is 54.6 Å². The van der Waals surface area contributed by atoms with Gasteiger partial charge in [-0.15, -0.1) is 0 Å². The van der Waals surface area contributed by atoms with Crippen LogP contribution >= 0.6 is 0 Å². The van der Waals surface area contributed by atoms with Crippen molar-refractivity contribution < 1.29 is 9.84 Å². The number of anilines is 1. The van der Waals surface area contributed by atoms with Gasteiger partial charge in [-0.2, -0.15) is 0 Å². The molecule has 0 aromatic heterocycles. The molecule has 1 atom stereocenters. The highest BCUT2D eigenvalue weighted by molar-refractivity contribution is 5.46. The van der Waals surface area contributed by atoms with E-state index in [2.05, 4.69) is 12.2 Å². The highest BCUT2D eigenvalue weighted by atomic mass is 16.5. The molecule has 2 aromatic carbocycles. The van der Waals surface area contributed by atoms with E-state index >= 15 is 0 Å². The Hall–Kier alpha value is -2.00. The first-order valence-corrected chi connectivity index (χ1v) is 6.98. The van der Waals surface area contributed by atoms with E-state index in [-0.39, 0.29) is 12.6 Å². The highest BCUT2D eigenvalue weighted by Crippen LogP contribution is 2.23. The summed E-state index contributed by atoms with van der Waals surface area (Å²) in [6.07, 6.45) is 0.982. The summed E-state index contributed by atoms with van der Waals surface area (Å²) in [5.74, 6) is 0.845. The molecule has 2 rings (SSSR count). The predicted molar refractivity (Wildman–Crippen MR) is 82.1 cm³/mol. The number of benzene rings is 2. The maximum Gasteiger partial charge on any atom is 0.119 e. The molecule has 2 N–H and O–H groups in total. The lowest BCUT2D eigenvalue weighted by Gasteiger charge is -2.19. The topological polar surface area (TPSA) is 41.5 Å². The smallest absolute Gasteiger partial charge is 0.119 e. The Bertz CT molecular complexity index is 513. The molecule has 0 spiro atoms. The average molecular weight is 271 g/mol. The van der Waals surface area contributed by atoms with Crippen molar-refractivity contribution in [1.29, 1.82) is 0 Å². The van der Waals surface area contributed by atoms with Crippen molar-refractivity contribution in [1.82, 2.24) is 0 Å².